The zero-order valence-corrected chi connectivity index (χ0v) is 12.4. The molecule has 0 atom stereocenters. The third-order valence-electron chi connectivity index (χ3n) is 3.88. The number of methoxy groups -OCH3 is 1. The molecule has 0 bridgehead atoms. The lowest BCUT2D eigenvalue weighted by atomic mass is 10.0. The first-order chi connectivity index (χ1) is 10.3. The van der Waals surface area contributed by atoms with Gasteiger partial charge < -0.3 is 10.5 Å². The second-order valence-corrected chi connectivity index (χ2v) is 6.08. The number of pyridine rings is 1. The van der Waals surface area contributed by atoms with Crippen LogP contribution in [-0.2, 0) is 12.8 Å². The Morgan fingerprint density at radius 3 is 2.90 bits per heavy atom. The average Bonchev–Trinajstić information content (AvgIpc) is 3.12. The van der Waals surface area contributed by atoms with E-state index in [1.807, 2.05) is 12.1 Å². The fraction of sp³-hybridized carbons (Fsp3) is 0.267. The van der Waals surface area contributed by atoms with Gasteiger partial charge in [-0.3, -0.25) is 0 Å². The fourth-order valence-electron chi connectivity index (χ4n) is 3.00. The van der Waals surface area contributed by atoms with Gasteiger partial charge in [0.2, 0.25) is 5.13 Å². The number of aromatic nitrogens is 3. The van der Waals surface area contributed by atoms with Crippen molar-refractivity contribution in [3.05, 3.63) is 29.5 Å². The highest BCUT2D eigenvalue weighted by molar-refractivity contribution is 7.18. The van der Waals surface area contributed by atoms with Gasteiger partial charge in [0.1, 0.15) is 11.3 Å². The minimum atomic E-state index is 0.490. The van der Waals surface area contributed by atoms with E-state index in [0.29, 0.717) is 5.13 Å². The molecule has 0 unspecified atom stereocenters. The molecule has 2 N–H and O–H groups in total. The van der Waals surface area contributed by atoms with Gasteiger partial charge in [-0.25, -0.2) is 4.98 Å². The maximum absolute atomic E-state index is 5.77. The summed E-state index contributed by atoms with van der Waals surface area (Å²) in [6.07, 6.45) is 3.16. The Hall–Kier alpha value is -2.21. The van der Waals surface area contributed by atoms with Crippen LogP contribution in [0.3, 0.4) is 0 Å². The summed E-state index contributed by atoms with van der Waals surface area (Å²) in [6, 6.07) is 5.99. The Labute approximate surface area is 125 Å². The summed E-state index contributed by atoms with van der Waals surface area (Å²) in [4.78, 5) is 4.82. The standard InChI is InChI=1S/C15H14N4OS/c1-20-11-7-3-5-9-12(14-18-19-15(16)21-14)8-4-2-6-10(8)17-13(9)11/h3,5,7H,2,4,6H2,1H3,(H2,16,19). The van der Waals surface area contributed by atoms with Crippen LogP contribution >= 0.6 is 11.3 Å². The highest BCUT2D eigenvalue weighted by atomic mass is 32.1. The van der Waals surface area contributed by atoms with Crippen LogP contribution in [0.4, 0.5) is 5.13 Å². The topological polar surface area (TPSA) is 73.9 Å². The molecule has 0 radical (unpaired) electrons. The van der Waals surface area contributed by atoms with E-state index < -0.39 is 0 Å². The second-order valence-electron chi connectivity index (χ2n) is 5.07. The highest BCUT2D eigenvalue weighted by Crippen LogP contribution is 2.40. The van der Waals surface area contributed by atoms with Crippen molar-refractivity contribution in [1.82, 2.24) is 15.2 Å². The maximum Gasteiger partial charge on any atom is 0.203 e. The van der Waals surface area contributed by atoms with E-state index >= 15 is 0 Å². The summed E-state index contributed by atoms with van der Waals surface area (Å²) < 4.78 is 5.46. The van der Waals surface area contributed by atoms with E-state index in [2.05, 4.69) is 16.3 Å². The Bertz CT molecular complexity index is 843. The molecular formula is C15H14N4OS. The van der Waals surface area contributed by atoms with Gasteiger partial charge in [-0.15, -0.1) is 10.2 Å². The quantitative estimate of drug-likeness (QED) is 0.787. The van der Waals surface area contributed by atoms with Gasteiger partial charge in [-0.2, -0.15) is 0 Å². The van der Waals surface area contributed by atoms with E-state index in [9.17, 15) is 0 Å². The van der Waals surface area contributed by atoms with Gasteiger partial charge in [0, 0.05) is 16.6 Å². The molecule has 106 valence electrons. The van der Waals surface area contributed by atoms with Gasteiger partial charge in [0.25, 0.3) is 0 Å². The molecular weight excluding hydrogens is 284 g/mol. The number of hydrogen-bond donors (Lipinski definition) is 1. The second kappa shape index (κ2) is 4.66. The number of hydrogen-bond acceptors (Lipinski definition) is 6. The number of ether oxygens (including phenoxy) is 1. The zero-order chi connectivity index (χ0) is 14.4. The number of aryl methyl sites for hydroxylation is 1. The third kappa shape index (κ3) is 1.86. The van der Waals surface area contributed by atoms with Gasteiger partial charge in [0.15, 0.2) is 5.01 Å². The Balaban J connectivity index is 2.12. The van der Waals surface area contributed by atoms with Crippen LogP contribution in [0.1, 0.15) is 17.7 Å². The van der Waals surface area contributed by atoms with E-state index in [4.69, 9.17) is 15.5 Å². The van der Waals surface area contributed by atoms with Gasteiger partial charge in [-0.05, 0) is 30.9 Å². The molecule has 0 saturated carbocycles. The Morgan fingerprint density at radius 2 is 2.14 bits per heavy atom. The molecule has 1 aromatic carbocycles. The largest absolute Gasteiger partial charge is 0.494 e. The lowest BCUT2D eigenvalue weighted by Crippen LogP contribution is -1.97. The molecule has 1 aliphatic carbocycles. The number of nitrogens with two attached hydrogens (primary N) is 1. The van der Waals surface area contributed by atoms with Crippen molar-refractivity contribution in [1.29, 1.82) is 0 Å². The van der Waals surface area contributed by atoms with E-state index in [1.54, 1.807) is 7.11 Å². The molecule has 0 saturated heterocycles. The molecule has 0 fully saturated rings. The summed E-state index contributed by atoms with van der Waals surface area (Å²) in [7, 11) is 1.67. The van der Waals surface area contributed by atoms with Crippen molar-refractivity contribution in [2.75, 3.05) is 12.8 Å². The van der Waals surface area contributed by atoms with Crippen LogP contribution in [0.2, 0.25) is 0 Å². The first-order valence-electron chi connectivity index (χ1n) is 6.85. The molecule has 3 aromatic rings. The zero-order valence-electron chi connectivity index (χ0n) is 11.6. The normalized spacial score (nSPS) is 13.6. The van der Waals surface area contributed by atoms with E-state index in [0.717, 1.165) is 52.2 Å². The van der Waals surface area contributed by atoms with Crippen molar-refractivity contribution in [2.45, 2.75) is 19.3 Å². The molecule has 0 amide bonds. The molecule has 6 heteroatoms. The Kier molecular flexibility index (Phi) is 2.78. The van der Waals surface area contributed by atoms with Crippen molar-refractivity contribution in [2.24, 2.45) is 0 Å². The third-order valence-corrected chi connectivity index (χ3v) is 4.65. The summed E-state index contributed by atoms with van der Waals surface area (Å²) in [6.45, 7) is 0. The SMILES string of the molecule is COc1cccc2c(-c3nnc(N)s3)c3c(nc12)CCC3. The average molecular weight is 298 g/mol. The minimum Gasteiger partial charge on any atom is -0.494 e. The van der Waals surface area contributed by atoms with Crippen molar-refractivity contribution >= 4 is 27.4 Å². The first kappa shape index (κ1) is 12.5. The molecule has 0 aliphatic heterocycles. The van der Waals surface area contributed by atoms with E-state index in [1.165, 1.54) is 16.9 Å². The predicted octanol–water partition coefficient (Wildman–Crippen LogP) is 2.83. The van der Waals surface area contributed by atoms with Crippen molar-refractivity contribution in [3.8, 4) is 16.3 Å². The number of nitrogens with zero attached hydrogens (tertiary/aromatic N) is 3. The lowest BCUT2D eigenvalue weighted by Gasteiger charge is -2.12. The predicted molar refractivity (Wildman–Crippen MR) is 83.6 cm³/mol. The summed E-state index contributed by atoms with van der Waals surface area (Å²) >= 11 is 1.42. The lowest BCUT2D eigenvalue weighted by molar-refractivity contribution is 0.419. The van der Waals surface area contributed by atoms with Crippen LogP contribution in [-0.4, -0.2) is 22.3 Å². The molecule has 4 rings (SSSR count). The van der Waals surface area contributed by atoms with E-state index in [-0.39, 0.29) is 0 Å². The number of para-hydroxylation sites is 1. The van der Waals surface area contributed by atoms with Crippen LogP contribution in [0, 0.1) is 0 Å². The van der Waals surface area contributed by atoms with Gasteiger partial charge in [0.05, 0.1) is 7.11 Å². The van der Waals surface area contributed by atoms with Crippen molar-refractivity contribution in [3.63, 3.8) is 0 Å². The van der Waals surface area contributed by atoms with Gasteiger partial charge >= 0.3 is 0 Å². The van der Waals surface area contributed by atoms with Crippen LogP contribution in [0.5, 0.6) is 5.75 Å². The van der Waals surface area contributed by atoms with Crippen LogP contribution < -0.4 is 10.5 Å². The monoisotopic (exact) mass is 298 g/mol. The number of anilines is 1. The summed E-state index contributed by atoms with van der Waals surface area (Å²) in [5, 5.41) is 10.6. The number of benzene rings is 1. The molecule has 2 aromatic heterocycles. The summed E-state index contributed by atoms with van der Waals surface area (Å²) in [5.74, 6) is 0.793. The maximum atomic E-state index is 5.77. The van der Waals surface area contributed by atoms with Crippen LogP contribution in [0.15, 0.2) is 18.2 Å². The first-order valence-corrected chi connectivity index (χ1v) is 7.67. The number of fused-ring (bicyclic) bond motifs is 2. The van der Waals surface area contributed by atoms with Crippen molar-refractivity contribution < 1.29 is 4.74 Å². The fourth-order valence-corrected chi connectivity index (χ4v) is 3.70. The Morgan fingerprint density at radius 1 is 1.24 bits per heavy atom. The molecule has 1 aliphatic rings. The highest BCUT2D eigenvalue weighted by Gasteiger charge is 2.23. The number of rotatable bonds is 2. The molecule has 0 spiro atoms. The minimum absolute atomic E-state index is 0.490. The van der Waals surface area contributed by atoms with Crippen LogP contribution in [0.25, 0.3) is 21.5 Å². The van der Waals surface area contributed by atoms with Gasteiger partial charge in [-0.1, -0.05) is 23.5 Å². The molecule has 2 heterocycles. The summed E-state index contributed by atoms with van der Waals surface area (Å²) in [5.41, 5.74) is 10.2. The number of nitrogen functional groups attached to an aromatic ring is 1. The molecule has 5 nitrogen and oxygen atoms in total. The smallest absolute Gasteiger partial charge is 0.203 e. The molecule has 21 heavy (non-hydrogen) atoms.